The molecule has 1 unspecified atom stereocenters. The Kier molecular flexibility index (Phi) is 5.55. The van der Waals surface area contributed by atoms with E-state index in [0.717, 1.165) is 17.9 Å². The number of carbonyl (C=O) groups excluding carboxylic acids is 2. The van der Waals surface area contributed by atoms with Crippen LogP contribution in [0.2, 0.25) is 0 Å². The molecule has 1 aliphatic rings. The summed E-state index contributed by atoms with van der Waals surface area (Å²) in [5.74, 6) is -0.868. The first-order valence-electron chi connectivity index (χ1n) is 9.01. The Labute approximate surface area is 157 Å². The Balaban J connectivity index is 1.77. The van der Waals surface area contributed by atoms with E-state index in [2.05, 4.69) is 15.7 Å². The summed E-state index contributed by atoms with van der Waals surface area (Å²) in [5.41, 5.74) is 2.87. The first-order valence-corrected chi connectivity index (χ1v) is 9.01. The monoisotopic (exact) mass is 373 g/mol. The van der Waals surface area contributed by atoms with Crippen molar-refractivity contribution < 1.29 is 14.0 Å². The number of hydrogen-bond acceptors (Lipinski definition) is 4. The molecule has 0 bridgehead atoms. The summed E-state index contributed by atoms with van der Waals surface area (Å²) in [7, 11) is 0. The third-order valence-electron chi connectivity index (χ3n) is 4.77. The van der Waals surface area contributed by atoms with Crippen LogP contribution in [0, 0.1) is 19.7 Å². The van der Waals surface area contributed by atoms with Crippen LogP contribution in [-0.2, 0) is 16.1 Å². The number of carbonyl (C=O) groups is 2. The molecule has 0 radical (unpaired) electrons. The number of benzene rings is 1. The molecule has 2 N–H and O–H groups in total. The molecule has 7 nitrogen and oxygen atoms in total. The summed E-state index contributed by atoms with van der Waals surface area (Å²) in [6.07, 6.45) is 0. The molecule has 1 aromatic heterocycles. The maximum absolute atomic E-state index is 13.6. The van der Waals surface area contributed by atoms with E-state index in [-0.39, 0.29) is 18.4 Å². The lowest BCUT2D eigenvalue weighted by Crippen LogP contribution is -2.52. The molecule has 2 heterocycles. The number of anilines is 1. The molecule has 1 atom stereocenters. The van der Waals surface area contributed by atoms with Crippen molar-refractivity contribution in [1.29, 1.82) is 0 Å². The first-order chi connectivity index (χ1) is 12.9. The second kappa shape index (κ2) is 7.87. The van der Waals surface area contributed by atoms with Gasteiger partial charge in [0.1, 0.15) is 11.9 Å². The summed E-state index contributed by atoms with van der Waals surface area (Å²) < 4.78 is 15.4. The highest BCUT2D eigenvalue weighted by molar-refractivity contribution is 5.94. The number of hydrogen-bond donors (Lipinski definition) is 2. The zero-order valence-corrected chi connectivity index (χ0v) is 15.8. The zero-order valence-electron chi connectivity index (χ0n) is 15.8. The molecule has 0 spiro atoms. The highest BCUT2D eigenvalue weighted by Crippen LogP contribution is 2.24. The normalized spacial score (nSPS) is 17.6. The lowest BCUT2D eigenvalue weighted by atomic mass is 10.0. The van der Waals surface area contributed by atoms with Gasteiger partial charge in [0.25, 0.3) is 0 Å². The second-order valence-corrected chi connectivity index (χ2v) is 6.63. The van der Waals surface area contributed by atoms with Gasteiger partial charge in [-0.25, -0.2) is 4.39 Å². The van der Waals surface area contributed by atoms with E-state index in [4.69, 9.17) is 0 Å². The molecule has 1 aliphatic heterocycles. The van der Waals surface area contributed by atoms with E-state index < -0.39 is 11.9 Å². The Bertz CT molecular complexity index is 864. The molecule has 3 rings (SSSR count). The zero-order chi connectivity index (χ0) is 19.6. The van der Waals surface area contributed by atoms with E-state index in [1.165, 1.54) is 12.1 Å². The maximum atomic E-state index is 13.6. The van der Waals surface area contributed by atoms with Crippen molar-refractivity contribution in [3.63, 3.8) is 0 Å². The van der Waals surface area contributed by atoms with Crippen molar-refractivity contribution in [2.24, 2.45) is 0 Å². The molecular weight excluding hydrogens is 349 g/mol. The van der Waals surface area contributed by atoms with Gasteiger partial charge in [-0.2, -0.15) is 5.10 Å². The highest BCUT2D eigenvalue weighted by Gasteiger charge is 2.32. The van der Waals surface area contributed by atoms with Crippen molar-refractivity contribution >= 4 is 17.5 Å². The third-order valence-corrected chi connectivity index (χ3v) is 4.77. The fraction of sp³-hybridized carbons (Fsp3) is 0.421. The van der Waals surface area contributed by atoms with Crippen LogP contribution in [0.4, 0.5) is 10.1 Å². The van der Waals surface area contributed by atoms with Crippen LogP contribution in [0.3, 0.4) is 0 Å². The summed E-state index contributed by atoms with van der Waals surface area (Å²) in [6, 6.07) is 5.23. The predicted molar refractivity (Wildman–Crippen MR) is 99.7 cm³/mol. The summed E-state index contributed by atoms with van der Waals surface area (Å²) in [5, 5.41) is 10.1. The van der Waals surface area contributed by atoms with Gasteiger partial charge in [0.15, 0.2) is 0 Å². The number of piperazine rings is 1. The van der Waals surface area contributed by atoms with E-state index in [1.807, 2.05) is 25.5 Å². The number of rotatable bonds is 5. The number of aryl methyl sites for hydroxylation is 2. The predicted octanol–water partition coefficient (Wildman–Crippen LogP) is 1.77. The van der Waals surface area contributed by atoms with Crippen molar-refractivity contribution in [2.75, 3.05) is 25.0 Å². The topological polar surface area (TPSA) is 79.3 Å². The molecule has 1 saturated heterocycles. The standard InChI is InChI=1S/C19H24FN5O2/c1-4-25-13(3)17(12(2)23-25)22-16(26)11-24-9-8-21-19(27)18(24)14-6-5-7-15(20)10-14/h5-7,10,18H,4,8-9,11H2,1-3H3,(H,21,27)(H,22,26). The minimum atomic E-state index is -0.694. The molecule has 27 heavy (non-hydrogen) atoms. The van der Waals surface area contributed by atoms with Crippen LogP contribution in [0.15, 0.2) is 24.3 Å². The van der Waals surface area contributed by atoms with Gasteiger partial charge in [0.05, 0.1) is 23.6 Å². The van der Waals surface area contributed by atoms with Crippen molar-refractivity contribution in [3.8, 4) is 0 Å². The fourth-order valence-electron chi connectivity index (χ4n) is 3.47. The van der Waals surface area contributed by atoms with Crippen LogP contribution in [-0.4, -0.2) is 46.1 Å². The number of nitrogens with one attached hydrogen (secondary N) is 2. The molecule has 0 saturated carbocycles. The van der Waals surface area contributed by atoms with Gasteiger partial charge >= 0.3 is 0 Å². The minimum absolute atomic E-state index is 0.0325. The van der Waals surface area contributed by atoms with E-state index in [9.17, 15) is 14.0 Å². The molecular formula is C19H24FN5O2. The van der Waals surface area contributed by atoms with Gasteiger partial charge in [-0.1, -0.05) is 12.1 Å². The van der Waals surface area contributed by atoms with E-state index in [0.29, 0.717) is 24.3 Å². The maximum Gasteiger partial charge on any atom is 0.242 e. The highest BCUT2D eigenvalue weighted by atomic mass is 19.1. The first kappa shape index (κ1) is 19.0. The molecule has 8 heteroatoms. The van der Waals surface area contributed by atoms with E-state index >= 15 is 0 Å². The summed E-state index contributed by atoms with van der Waals surface area (Å²) in [4.78, 5) is 26.8. The summed E-state index contributed by atoms with van der Waals surface area (Å²) >= 11 is 0. The van der Waals surface area contributed by atoms with Gasteiger partial charge in [0.2, 0.25) is 11.8 Å². The third kappa shape index (κ3) is 4.00. The largest absolute Gasteiger partial charge is 0.353 e. The van der Waals surface area contributed by atoms with Crippen LogP contribution in [0.1, 0.15) is 29.9 Å². The summed E-state index contributed by atoms with van der Waals surface area (Å²) in [6.45, 7) is 7.44. The van der Waals surface area contributed by atoms with Crippen LogP contribution in [0.5, 0.6) is 0 Å². The Morgan fingerprint density at radius 3 is 2.85 bits per heavy atom. The van der Waals surface area contributed by atoms with E-state index in [1.54, 1.807) is 17.0 Å². The van der Waals surface area contributed by atoms with Crippen LogP contribution >= 0.6 is 0 Å². The fourth-order valence-corrected chi connectivity index (χ4v) is 3.47. The quantitative estimate of drug-likeness (QED) is 0.837. The number of nitrogens with zero attached hydrogens (tertiary/aromatic N) is 3. The minimum Gasteiger partial charge on any atom is -0.353 e. The second-order valence-electron chi connectivity index (χ2n) is 6.63. The average Bonchev–Trinajstić information content (AvgIpc) is 2.89. The average molecular weight is 373 g/mol. The molecule has 0 aliphatic carbocycles. The molecule has 2 aromatic rings. The van der Waals surface area contributed by atoms with Crippen LogP contribution in [0.25, 0.3) is 0 Å². The lowest BCUT2D eigenvalue weighted by Gasteiger charge is -2.34. The lowest BCUT2D eigenvalue weighted by molar-refractivity contribution is -0.130. The van der Waals surface area contributed by atoms with Gasteiger partial charge < -0.3 is 10.6 Å². The Morgan fingerprint density at radius 2 is 2.19 bits per heavy atom. The molecule has 1 fully saturated rings. The van der Waals surface area contributed by atoms with Crippen molar-refractivity contribution in [3.05, 3.63) is 47.0 Å². The molecule has 2 amide bonds. The number of aromatic nitrogens is 2. The van der Waals surface area contributed by atoms with Gasteiger partial charge in [-0.3, -0.25) is 19.2 Å². The Hall–Kier alpha value is -2.74. The SMILES string of the molecule is CCn1nc(C)c(NC(=O)CN2CCNC(=O)C2c2cccc(F)c2)c1C. The molecule has 1 aromatic carbocycles. The van der Waals surface area contributed by atoms with Gasteiger partial charge in [0, 0.05) is 19.6 Å². The molecule has 144 valence electrons. The smallest absolute Gasteiger partial charge is 0.242 e. The van der Waals surface area contributed by atoms with Gasteiger partial charge in [-0.05, 0) is 38.5 Å². The number of halogens is 1. The number of amides is 2. The van der Waals surface area contributed by atoms with Gasteiger partial charge in [-0.15, -0.1) is 0 Å². The van der Waals surface area contributed by atoms with Crippen molar-refractivity contribution in [2.45, 2.75) is 33.4 Å². The Morgan fingerprint density at radius 1 is 1.41 bits per heavy atom. The van der Waals surface area contributed by atoms with Crippen molar-refractivity contribution in [1.82, 2.24) is 20.0 Å². The van der Waals surface area contributed by atoms with Crippen LogP contribution < -0.4 is 10.6 Å².